The van der Waals surface area contributed by atoms with Gasteiger partial charge in [0, 0.05) is 29.0 Å². The van der Waals surface area contributed by atoms with Gasteiger partial charge in [-0.05, 0) is 60.4 Å². The minimum atomic E-state index is 0.134. The largest absolute Gasteiger partial charge is 0.339 e. The molecule has 0 aliphatic carbocycles. The standard InChI is InChI=1S/C26H23BrN2OS/c1-17-24(19-8-10-23(27)11-9-19)31-25(28-17)20-12-14-29(15-13-20)26(30)22-7-6-18-4-2-3-5-21(18)16-22/h2-11,16,20H,12-15H2,1H3. The molecule has 1 saturated heterocycles. The first-order valence-electron chi connectivity index (χ1n) is 10.6. The Morgan fingerprint density at radius 3 is 2.45 bits per heavy atom. The van der Waals surface area contributed by atoms with Crippen LogP contribution in [0.25, 0.3) is 21.2 Å². The fourth-order valence-corrected chi connectivity index (χ4v) is 5.80. The molecule has 1 amide bonds. The van der Waals surface area contributed by atoms with Crippen LogP contribution in [-0.4, -0.2) is 28.9 Å². The normalized spacial score (nSPS) is 14.8. The molecule has 2 heterocycles. The number of benzene rings is 3. The number of carbonyl (C=O) groups is 1. The van der Waals surface area contributed by atoms with Crippen LogP contribution in [0.3, 0.4) is 0 Å². The maximum absolute atomic E-state index is 13.1. The average molecular weight is 491 g/mol. The molecule has 1 aliphatic rings. The number of hydrogen-bond donors (Lipinski definition) is 0. The maximum Gasteiger partial charge on any atom is 0.253 e. The topological polar surface area (TPSA) is 33.2 Å². The van der Waals surface area contributed by atoms with Crippen molar-refractivity contribution in [2.24, 2.45) is 0 Å². The van der Waals surface area contributed by atoms with Gasteiger partial charge >= 0.3 is 0 Å². The molecule has 31 heavy (non-hydrogen) atoms. The summed E-state index contributed by atoms with van der Waals surface area (Å²) in [4.78, 5) is 21.2. The summed E-state index contributed by atoms with van der Waals surface area (Å²) in [6, 6.07) is 22.6. The molecule has 0 bridgehead atoms. The highest BCUT2D eigenvalue weighted by atomic mass is 79.9. The zero-order valence-electron chi connectivity index (χ0n) is 17.3. The summed E-state index contributed by atoms with van der Waals surface area (Å²) in [5, 5.41) is 3.48. The molecule has 5 heteroatoms. The van der Waals surface area contributed by atoms with Crippen LogP contribution in [0.2, 0.25) is 0 Å². The number of likely N-dealkylation sites (tertiary alicyclic amines) is 1. The van der Waals surface area contributed by atoms with E-state index in [0.717, 1.165) is 47.0 Å². The van der Waals surface area contributed by atoms with Gasteiger partial charge in [-0.3, -0.25) is 4.79 Å². The van der Waals surface area contributed by atoms with Gasteiger partial charge in [-0.1, -0.05) is 58.4 Å². The van der Waals surface area contributed by atoms with Crippen molar-refractivity contribution in [1.82, 2.24) is 9.88 Å². The van der Waals surface area contributed by atoms with E-state index < -0.39 is 0 Å². The molecular formula is C26H23BrN2OS. The number of aryl methyl sites for hydroxylation is 1. The van der Waals surface area contributed by atoms with Crippen LogP contribution in [0.1, 0.15) is 39.8 Å². The smallest absolute Gasteiger partial charge is 0.253 e. The SMILES string of the molecule is Cc1nc(C2CCN(C(=O)c3ccc4ccccc4c3)CC2)sc1-c1ccc(Br)cc1. The van der Waals surface area contributed by atoms with Crippen molar-refractivity contribution in [2.45, 2.75) is 25.7 Å². The second-order valence-electron chi connectivity index (χ2n) is 8.10. The Morgan fingerprint density at radius 2 is 1.71 bits per heavy atom. The minimum absolute atomic E-state index is 0.134. The van der Waals surface area contributed by atoms with Crippen molar-refractivity contribution in [2.75, 3.05) is 13.1 Å². The van der Waals surface area contributed by atoms with Crippen LogP contribution in [0, 0.1) is 6.92 Å². The second-order valence-corrected chi connectivity index (χ2v) is 10.0. The number of amides is 1. The van der Waals surface area contributed by atoms with Crippen molar-refractivity contribution >= 4 is 43.9 Å². The Bertz CT molecular complexity index is 1240. The molecule has 3 aromatic carbocycles. The molecule has 0 N–H and O–H groups in total. The van der Waals surface area contributed by atoms with Crippen LogP contribution < -0.4 is 0 Å². The molecule has 156 valence electrons. The monoisotopic (exact) mass is 490 g/mol. The molecule has 0 atom stereocenters. The van der Waals surface area contributed by atoms with E-state index in [2.05, 4.69) is 59.3 Å². The Balaban J connectivity index is 1.28. The highest BCUT2D eigenvalue weighted by Gasteiger charge is 2.27. The third-order valence-electron chi connectivity index (χ3n) is 6.05. The van der Waals surface area contributed by atoms with Gasteiger partial charge in [0.1, 0.15) is 0 Å². The van der Waals surface area contributed by atoms with E-state index in [1.165, 1.54) is 20.8 Å². The van der Waals surface area contributed by atoms with Crippen LogP contribution in [0.15, 0.2) is 71.2 Å². The summed E-state index contributed by atoms with van der Waals surface area (Å²) in [6.45, 7) is 3.65. The number of nitrogens with zero attached hydrogens (tertiary/aromatic N) is 2. The molecule has 1 aromatic heterocycles. The molecule has 4 aromatic rings. The van der Waals surface area contributed by atoms with E-state index >= 15 is 0 Å². The Morgan fingerprint density at radius 1 is 1.00 bits per heavy atom. The van der Waals surface area contributed by atoms with E-state index in [-0.39, 0.29) is 5.91 Å². The molecule has 3 nitrogen and oxygen atoms in total. The van der Waals surface area contributed by atoms with Gasteiger partial charge in [0.15, 0.2) is 0 Å². The molecule has 0 spiro atoms. The van der Waals surface area contributed by atoms with Crippen LogP contribution in [-0.2, 0) is 0 Å². The van der Waals surface area contributed by atoms with Crippen molar-refractivity contribution in [3.63, 3.8) is 0 Å². The number of thiazole rings is 1. The van der Waals surface area contributed by atoms with Gasteiger partial charge in [-0.2, -0.15) is 0 Å². The molecule has 1 fully saturated rings. The highest BCUT2D eigenvalue weighted by Crippen LogP contribution is 2.37. The summed E-state index contributed by atoms with van der Waals surface area (Å²) in [7, 11) is 0. The van der Waals surface area contributed by atoms with E-state index in [9.17, 15) is 4.79 Å². The van der Waals surface area contributed by atoms with E-state index in [1.54, 1.807) is 11.3 Å². The first-order valence-corrected chi connectivity index (χ1v) is 12.2. The third kappa shape index (κ3) is 4.17. The molecule has 0 radical (unpaired) electrons. The maximum atomic E-state index is 13.1. The molecular weight excluding hydrogens is 468 g/mol. The van der Waals surface area contributed by atoms with E-state index in [4.69, 9.17) is 4.98 Å². The van der Waals surface area contributed by atoms with Gasteiger partial charge < -0.3 is 4.90 Å². The van der Waals surface area contributed by atoms with E-state index in [0.29, 0.717) is 5.92 Å². The molecule has 0 saturated carbocycles. The van der Waals surface area contributed by atoms with Crippen LogP contribution in [0.4, 0.5) is 0 Å². The highest BCUT2D eigenvalue weighted by molar-refractivity contribution is 9.10. The van der Waals surface area contributed by atoms with Crippen molar-refractivity contribution < 1.29 is 4.79 Å². The summed E-state index contributed by atoms with van der Waals surface area (Å²) in [6.07, 6.45) is 1.93. The average Bonchev–Trinajstić information content (AvgIpc) is 3.20. The first kappa shape index (κ1) is 20.4. The molecule has 5 rings (SSSR count). The number of carbonyl (C=O) groups excluding carboxylic acids is 1. The molecule has 1 aliphatic heterocycles. The zero-order valence-corrected chi connectivity index (χ0v) is 19.7. The quantitative estimate of drug-likeness (QED) is 0.308. The third-order valence-corrected chi connectivity index (χ3v) is 7.95. The summed E-state index contributed by atoms with van der Waals surface area (Å²) >= 11 is 5.31. The number of rotatable bonds is 3. The van der Waals surface area contributed by atoms with Gasteiger partial charge in [0.05, 0.1) is 15.6 Å². The predicted molar refractivity (Wildman–Crippen MR) is 132 cm³/mol. The number of hydrogen-bond acceptors (Lipinski definition) is 3. The van der Waals surface area contributed by atoms with Crippen molar-refractivity contribution in [3.8, 4) is 10.4 Å². The van der Waals surface area contributed by atoms with Gasteiger partial charge in [-0.15, -0.1) is 11.3 Å². The number of halogens is 1. The summed E-state index contributed by atoms with van der Waals surface area (Å²) in [5.74, 6) is 0.559. The zero-order chi connectivity index (χ0) is 21.4. The van der Waals surface area contributed by atoms with Crippen LogP contribution >= 0.6 is 27.3 Å². The van der Waals surface area contributed by atoms with E-state index in [1.807, 2.05) is 35.2 Å². The summed E-state index contributed by atoms with van der Waals surface area (Å²) in [5.41, 5.74) is 3.09. The molecule has 0 unspecified atom stereocenters. The second kappa shape index (κ2) is 8.56. The summed E-state index contributed by atoms with van der Waals surface area (Å²) < 4.78 is 1.09. The van der Waals surface area contributed by atoms with Crippen molar-refractivity contribution in [3.05, 3.63) is 87.5 Å². The van der Waals surface area contributed by atoms with Gasteiger partial charge in [0.25, 0.3) is 5.91 Å². The minimum Gasteiger partial charge on any atom is -0.339 e. The lowest BCUT2D eigenvalue weighted by Crippen LogP contribution is -2.37. The number of piperidine rings is 1. The Hall–Kier alpha value is -2.50. The fraction of sp³-hybridized carbons (Fsp3) is 0.231. The lowest BCUT2D eigenvalue weighted by molar-refractivity contribution is 0.0713. The fourth-order valence-electron chi connectivity index (χ4n) is 4.30. The number of aromatic nitrogens is 1. The lowest BCUT2D eigenvalue weighted by atomic mass is 9.96. The Labute approximate surface area is 194 Å². The van der Waals surface area contributed by atoms with Gasteiger partial charge in [-0.25, -0.2) is 4.98 Å². The predicted octanol–water partition coefficient (Wildman–Crippen LogP) is 7.05. The van der Waals surface area contributed by atoms with Gasteiger partial charge in [0.2, 0.25) is 0 Å². The van der Waals surface area contributed by atoms with Crippen molar-refractivity contribution in [1.29, 1.82) is 0 Å². The number of fused-ring (bicyclic) bond motifs is 1. The lowest BCUT2D eigenvalue weighted by Gasteiger charge is -2.31. The first-order chi connectivity index (χ1) is 15.1. The Kier molecular flexibility index (Phi) is 5.63. The van der Waals surface area contributed by atoms with Crippen LogP contribution in [0.5, 0.6) is 0 Å².